The topological polar surface area (TPSA) is 23.9 Å². The molecule has 0 aliphatic carbocycles. The van der Waals surface area contributed by atoms with Crippen molar-refractivity contribution >= 4 is 0 Å². The molecular weight excluding hydrogens is 516 g/mol. The van der Waals surface area contributed by atoms with Crippen LogP contribution in [0.1, 0.15) is 136 Å². The van der Waals surface area contributed by atoms with Gasteiger partial charge in [-0.15, -0.1) is 0 Å². The summed E-state index contributed by atoms with van der Waals surface area (Å²) in [5, 5.41) is 0. The van der Waals surface area contributed by atoms with Crippen molar-refractivity contribution in [3.63, 3.8) is 0 Å². The van der Waals surface area contributed by atoms with Crippen LogP contribution in [-0.2, 0) is 4.74 Å². The average molecular weight is 597 g/mol. The van der Waals surface area contributed by atoms with Crippen LogP contribution in [0.25, 0.3) is 0 Å². The molecule has 2 saturated heterocycles. The summed E-state index contributed by atoms with van der Waals surface area (Å²) in [7, 11) is 0. The van der Waals surface area contributed by atoms with E-state index in [4.69, 9.17) is 4.74 Å². The molecule has 0 radical (unpaired) electrons. The van der Waals surface area contributed by atoms with Crippen molar-refractivity contribution in [1.29, 1.82) is 0 Å². The Morgan fingerprint density at radius 1 is 0.476 bits per heavy atom. The second-order valence-electron chi connectivity index (χ2n) is 10.7. The zero-order valence-electron chi connectivity index (χ0n) is 31.7. The standard InChI is InChI=1S/C8H15N.C7H15NO.C7H15N.C7H11N.4C2H6/c1-8(2)9-6-4-3-5-7-9;1-7(2)8-3-5-9-6-4-8;2*1-7(2)8-5-3-4-6-8;4*1-2/h3-4,8H,5-7H2,1-2H3;7H,3-6H2,1-2H3;7H,3-6H2,1-2H3;3-7H,1-2H3;4*1-2H3. The minimum Gasteiger partial charge on any atom is -0.379 e. The lowest BCUT2D eigenvalue weighted by Crippen LogP contribution is -2.40. The fourth-order valence-electron chi connectivity index (χ4n) is 4.17. The molecule has 5 heteroatoms. The SMILES string of the molecule is CC.CC.CC.CC.CC(C)N1CC=CCC1.CC(C)N1CCCC1.CC(C)N1CCOCC1.CC(C)n1cccc1. The Hall–Kier alpha value is -1.14. The number of hydrogen-bond acceptors (Lipinski definition) is 4. The summed E-state index contributed by atoms with van der Waals surface area (Å²) in [6.45, 7) is 42.9. The van der Waals surface area contributed by atoms with Crippen molar-refractivity contribution in [2.24, 2.45) is 0 Å². The highest BCUT2D eigenvalue weighted by Gasteiger charge is 2.13. The van der Waals surface area contributed by atoms with Crippen molar-refractivity contribution in [3.05, 3.63) is 36.7 Å². The number of likely N-dealkylation sites (tertiary alicyclic amines) is 1. The number of rotatable bonds is 4. The molecule has 42 heavy (non-hydrogen) atoms. The molecule has 1 aromatic heterocycles. The molecule has 0 atom stereocenters. The molecule has 254 valence electrons. The Morgan fingerprint density at radius 3 is 1.12 bits per heavy atom. The van der Waals surface area contributed by atoms with Crippen molar-refractivity contribution in [2.75, 3.05) is 52.5 Å². The Balaban J connectivity index is -0.000000212. The quantitative estimate of drug-likeness (QED) is 0.323. The van der Waals surface area contributed by atoms with Gasteiger partial charge in [0.15, 0.2) is 0 Å². The fraction of sp³-hybridized carbons (Fsp3) is 0.838. The van der Waals surface area contributed by atoms with Gasteiger partial charge in [-0.05, 0) is 99.9 Å². The molecule has 0 spiro atoms. The predicted molar refractivity (Wildman–Crippen MR) is 194 cm³/mol. The third-order valence-corrected chi connectivity index (χ3v) is 6.69. The summed E-state index contributed by atoms with van der Waals surface area (Å²) in [6.07, 6.45) is 12.7. The Labute approximate surface area is 267 Å². The lowest BCUT2D eigenvalue weighted by Gasteiger charge is -2.29. The summed E-state index contributed by atoms with van der Waals surface area (Å²) < 4.78 is 7.37. The smallest absolute Gasteiger partial charge is 0.0594 e. The second kappa shape index (κ2) is 36.1. The third-order valence-electron chi connectivity index (χ3n) is 6.69. The number of nitrogens with zero attached hydrogens (tertiary/aromatic N) is 4. The van der Waals surface area contributed by atoms with Gasteiger partial charge in [0.1, 0.15) is 0 Å². The van der Waals surface area contributed by atoms with E-state index in [-0.39, 0.29) is 0 Å². The van der Waals surface area contributed by atoms with E-state index in [2.05, 4.69) is 99.2 Å². The summed E-state index contributed by atoms with van der Waals surface area (Å²) >= 11 is 0. The summed E-state index contributed by atoms with van der Waals surface area (Å²) in [4.78, 5) is 7.43. The van der Waals surface area contributed by atoms with Crippen LogP contribution in [0.2, 0.25) is 0 Å². The molecule has 2 fully saturated rings. The monoisotopic (exact) mass is 597 g/mol. The van der Waals surface area contributed by atoms with Crippen LogP contribution in [0.3, 0.4) is 0 Å². The minimum absolute atomic E-state index is 0.602. The molecule has 4 heterocycles. The Kier molecular flexibility index (Phi) is 41.0. The van der Waals surface area contributed by atoms with Gasteiger partial charge < -0.3 is 14.2 Å². The zero-order chi connectivity index (χ0) is 33.3. The number of morpholine rings is 1. The van der Waals surface area contributed by atoms with Crippen molar-refractivity contribution in [1.82, 2.24) is 19.3 Å². The molecule has 0 N–H and O–H groups in total. The molecule has 3 aliphatic rings. The first-order valence-corrected chi connectivity index (χ1v) is 17.8. The van der Waals surface area contributed by atoms with E-state index in [0.29, 0.717) is 12.1 Å². The maximum absolute atomic E-state index is 5.21. The minimum atomic E-state index is 0.602. The first-order chi connectivity index (χ1) is 20.2. The highest BCUT2D eigenvalue weighted by Crippen LogP contribution is 2.10. The van der Waals surface area contributed by atoms with Gasteiger partial charge in [-0.3, -0.25) is 9.80 Å². The van der Waals surface area contributed by atoms with Crippen molar-refractivity contribution < 1.29 is 4.74 Å². The normalized spacial score (nSPS) is 16.4. The second-order valence-corrected chi connectivity index (χ2v) is 10.7. The van der Waals surface area contributed by atoms with E-state index in [0.717, 1.165) is 44.9 Å². The van der Waals surface area contributed by atoms with E-state index < -0.39 is 0 Å². The van der Waals surface area contributed by atoms with Gasteiger partial charge in [-0.2, -0.15) is 0 Å². The molecule has 0 amide bonds. The fourth-order valence-corrected chi connectivity index (χ4v) is 4.17. The molecule has 0 unspecified atom stereocenters. The molecule has 0 aromatic carbocycles. The molecular formula is C37H80N4O. The van der Waals surface area contributed by atoms with Gasteiger partial charge in [0, 0.05) is 62.7 Å². The van der Waals surface area contributed by atoms with E-state index in [1.165, 1.54) is 38.9 Å². The Bertz CT molecular complexity index is 599. The van der Waals surface area contributed by atoms with Crippen LogP contribution in [-0.4, -0.2) is 89.9 Å². The maximum atomic E-state index is 5.21. The average Bonchev–Trinajstić information content (AvgIpc) is 3.79. The molecule has 5 nitrogen and oxygen atoms in total. The molecule has 1 aromatic rings. The number of aromatic nitrogens is 1. The summed E-state index contributed by atoms with van der Waals surface area (Å²) in [5.41, 5.74) is 0. The van der Waals surface area contributed by atoms with Crippen LogP contribution >= 0.6 is 0 Å². The first kappa shape index (κ1) is 47.8. The van der Waals surface area contributed by atoms with Crippen LogP contribution < -0.4 is 0 Å². The van der Waals surface area contributed by atoms with Gasteiger partial charge in [-0.25, -0.2) is 0 Å². The molecule has 3 aliphatic heterocycles. The van der Waals surface area contributed by atoms with Gasteiger partial charge in [0.25, 0.3) is 0 Å². The predicted octanol–water partition coefficient (Wildman–Crippen LogP) is 10.0. The van der Waals surface area contributed by atoms with E-state index in [1.807, 2.05) is 67.5 Å². The van der Waals surface area contributed by atoms with Crippen molar-refractivity contribution in [2.45, 2.75) is 154 Å². The van der Waals surface area contributed by atoms with Crippen LogP contribution in [0, 0.1) is 0 Å². The summed E-state index contributed by atoms with van der Waals surface area (Å²) in [6, 6.07) is 6.87. The van der Waals surface area contributed by atoms with Gasteiger partial charge >= 0.3 is 0 Å². The van der Waals surface area contributed by atoms with Gasteiger partial charge in [0.2, 0.25) is 0 Å². The first-order valence-electron chi connectivity index (χ1n) is 17.8. The number of hydrogen-bond donors (Lipinski definition) is 0. The highest BCUT2D eigenvalue weighted by molar-refractivity contribution is 4.92. The van der Waals surface area contributed by atoms with E-state index in [9.17, 15) is 0 Å². The molecule has 0 saturated carbocycles. The third kappa shape index (κ3) is 27.7. The molecule has 4 rings (SSSR count). The molecule has 0 bridgehead atoms. The highest BCUT2D eigenvalue weighted by atomic mass is 16.5. The van der Waals surface area contributed by atoms with E-state index >= 15 is 0 Å². The van der Waals surface area contributed by atoms with Gasteiger partial charge in [0.05, 0.1) is 13.2 Å². The zero-order valence-corrected chi connectivity index (χ0v) is 31.7. The van der Waals surface area contributed by atoms with E-state index in [1.54, 1.807) is 0 Å². The Morgan fingerprint density at radius 2 is 0.881 bits per heavy atom. The van der Waals surface area contributed by atoms with Crippen molar-refractivity contribution in [3.8, 4) is 0 Å². The lowest BCUT2D eigenvalue weighted by atomic mass is 10.2. The maximum Gasteiger partial charge on any atom is 0.0594 e. The van der Waals surface area contributed by atoms with Crippen LogP contribution in [0.4, 0.5) is 0 Å². The van der Waals surface area contributed by atoms with Crippen LogP contribution in [0.15, 0.2) is 36.7 Å². The summed E-state index contributed by atoms with van der Waals surface area (Å²) in [5.74, 6) is 0. The lowest BCUT2D eigenvalue weighted by molar-refractivity contribution is 0.0238. The van der Waals surface area contributed by atoms with Crippen LogP contribution in [0.5, 0.6) is 0 Å². The largest absolute Gasteiger partial charge is 0.379 e. The number of ether oxygens (including phenoxy) is 1. The van der Waals surface area contributed by atoms with Gasteiger partial charge in [-0.1, -0.05) is 67.5 Å².